The first-order valence-electron chi connectivity index (χ1n) is 6.87. The molecule has 0 aromatic heterocycles. The van der Waals surface area contributed by atoms with Crippen molar-refractivity contribution in [3.63, 3.8) is 0 Å². The van der Waals surface area contributed by atoms with Crippen LogP contribution in [0.1, 0.15) is 26.7 Å². The van der Waals surface area contributed by atoms with Crippen LogP contribution in [-0.2, 0) is 4.79 Å². The number of nitrogens with zero attached hydrogens (tertiary/aromatic N) is 1. The van der Waals surface area contributed by atoms with E-state index in [4.69, 9.17) is 11.6 Å². The Morgan fingerprint density at radius 3 is 3.00 bits per heavy atom. The lowest BCUT2D eigenvalue weighted by Gasteiger charge is -2.34. The highest BCUT2D eigenvalue weighted by Crippen LogP contribution is 2.19. The fourth-order valence-corrected chi connectivity index (χ4v) is 2.75. The van der Waals surface area contributed by atoms with Crippen molar-refractivity contribution in [3.05, 3.63) is 29.3 Å². The van der Waals surface area contributed by atoms with E-state index in [0.29, 0.717) is 10.9 Å². The first kappa shape index (κ1) is 14.4. The van der Waals surface area contributed by atoms with Crippen LogP contribution in [0.2, 0.25) is 5.02 Å². The summed E-state index contributed by atoms with van der Waals surface area (Å²) in [4.78, 5) is 14.5. The molecule has 4 heteroatoms. The summed E-state index contributed by atoms with van der Waals surface area (Å²) < 4.78 is 0. The molecule has 1 aliphatic rings. The summed E-state index contributed by atoms with van der Waals surface area (Å²) >= 11 is 5.91. The van der Waals surface area contributed by atoms with E-state index in [1.807, 2.05) is 19.1 Å². The van der Waals surface area contributed by atoms with E-state index in [2.05, 4.69) is 17.1 Å². The highest BCUT2D eigenvalue weighted by atomic mass is 35.5. The second-order valence-electron chi connectivity index (χ2n) is 5.42. The average molecular weight is 281 g/mol. The molecule has 104 valence electrons. The van der Waals surface area contributed by atoms with Crippen LogP contribution < -0.4 is 5.32 Å². The van der Waals surface area contributed by atoms with Crippen molar-refractivity contribution >= 4 is 23.2 Å². The van der Waals surface area contributed by atoms with Crippen molar-refractivity contribution in [1.29, 1.82) is 0 Å². The first-order chi connectivity index (χ1) is 9.06. The predicted octanol–water partition coefficient (Wildman–Crippen LogP) is 3.40. The molecule has 1 amide bonds. The highest BCUT2D eigenvalue weighted by Gasteiger charge is 2.25. The van der Waals surface area contributed by atoms with Gasteiger partial charge in [0, 0.05) is 17.3 Å². The molecular weight excluding hydrogens is 260 g/mol. The van der Waals surface area contributed by atoms with Crippen LogP contribution in [0.4, 0.5) is 5.69 Å². The zero-order valence-corrected chi connectivity index (χ0v) is 12.3. The molecule has 1 N–H and O–H groups in total. The third-order valence-electron chi connectivity index (χ3n) is 3.71. The molecule has 1 aliphatic heterocycles. The molecule has 2 atom stereocenters. The number of amides is 1. The number of anilines is 1. The lowest BCUT2D eigenvalue weighted by atomic mass is 9.99. The van der Waals surface area contributed by atoms with Gasteiger partial charge in [0.25, 0.3) is 0 Å². The minimum Gasteiger partial charge on any atom is -0.325 e. The molecule has 0 bridgehead atoms. The third kappa shape index (κ3) is 3.95. The summed E-state index contributed by atoms with van der Waals surface area (Å²) in [6.07, 6.45) is 2.44. The van der Waals surface area contributed by atoms with Crippen LogP contribution in [0, 0.1) is 5.92 Å². The summed E-state index contributed by atoms with van der Waals surface area (Å²) in [5, 5.41) is 3.57. The number of nitrogens with one attached hydrogen (secondary N) is 1. The van der Waals surface area contributed by atoms with Gasteiger partial charge in [-0.1, -0.05) is 24.6 Å². The SMILES string of the molecule is C[C@@H]1CCCN([C@@H](C)C(=O)Nc2cccc(Cl)c2)C1. The largest absolute Gasteiger partial charge is 0.325 e. The Morgan fingerprint density at radius 1 is 1.53 bits per heavy atom. The first-order valence-corrected chi connectivity index (χ1v) is 7.24. The number of carbonyl (C=O) groups is 1. The van der Waals surface area contributed by atoms with Crippen LogP contribution in [0.5, 0.6) is 0 Å². The maximum atomic E-state index is 12.2. The van der Waals surface area contributed by atoms with Gasteiger partial charge >= 0.3 is 0 Å². The molecule has 0 radical (unpaired) electrons. The second kappa shape index (κ2) is 6.40. The maximum Gasteiger partial charge on any atom is 0.241 e. The smallest absolute Gasteiger partial charge is 0.241 e. The number of piperidine rings is 1. The number of carbonyl (C=O) groups excluding carboxylic acids is 1. The Bertz CT molecular complexity index is 450. The van der Waals surface area contributed by atoms with Gasteiger partial charge in [0.15, 0.2) is 0 Å². The van der Waals surface area contributed by atoms with Gasteiger partial charge in [-0.3, -0.25) is 9.69 Å². The normalized spacial score (nSPS) is 21.9. The van der Waals surface area contributed by atoms with E-state index in [1.54, 1.807) is 12.1 Å². The Kier molecular flexibility index (Phi) is 4.83. The number of benzene rings is 1. The number of likely N-dealkylation sites (tertiary alicyclic amines) is 1. The van der Waals surface area contributed by atoms with E-state index in [0.717, 1.165) is 18.8 Å². The average Bonchev–Trinajstić information content (AvgIpc) is 2.38. The standard InChI is InChI=1S/C15H21ClN2O/c1-11-5-4-8-18(10-11)12(2)15(19)17-14-7-3-6-13(16)9-14/h3,6-7,9,11-12H,4-5,8,10H2,1-2H3,(H,17,19)/t11-,12+/m1/s1. The van der Waals surface area contributed by atoms with E-state index in [9.17, 15) is 4.79 Å². The molecule has 0 spiro atoms. The summed E-state index contributed by atoms with van der Waals surface area (Å²) in [6.45, 7) is 6.23. The zero-order valence-electron chi connectivity index (χ0n) is 11.5. The minimum absolute atomic E-state index is 0.0383. The van der Waals surface area contributed by atoms with Gasteiger partial charge < -0.3 is 5.32 Å². The van der Waals surface area contributed by atoms with Gasteiger partial charge in [-0.2, -0.15) is 0 Å². The number of rotatable bonds is 3. The lowest BCUT2D eigenvalue weighted by molar-refractivity contribution is -0.121. The van der Waals surface area contributed by atoms with Gasteiger partial charge in [-0.25, -0.2) is 0 Å². The molecule has 19 heavy (non-hydrogen) atoms. The molecule has 0 aliphatic carbocycles. The molecule has 2 rings (SSSR count). The van der Waals surface area contributed by atoms with Crippen LogP contribution in [0.3, 0.4) is 0 Å². The van der Waals surface area contributed by atoms with Crippen molar-refractivity contribution in [2.24, 2.45) is 5.92 Å². The number of hydrogen-bond acceptors (Lipinski definition) is 2. The summed E-state index contributed by atoms with van der Waals surface area (Å²) in [5.74, 6) is 0.714. The topological polar surface area (TPSA) is 32.3 Å². The minimum atomic E-state index is -0.0956. The second-order valence-corrected chi connectivity index (χ2v) is 5.85. The van der Waals surface area contributed by atoms with Crippen LogP contribution in [-0.4, -0.2) is 29.9 Å². The van der Waals surface area contributed by atoms with Crippen molar-refractivity contribution in [1.82, 2.24) is 4.90 Å². The van der Waals surface area contributed by atoms with Crippen LogP contribution >= 0.6 is 11.6 Å². The Labute approximate surface area is 119 Å². The Hall–Kier alpha value is -1.06. The van der Waals surface area contributed by atoms with Gasteiger partial charge in [-0.05, 0) is 50.4 Å². The Morgan fingerprint density at radius 2 is 2.32 bits per heavy atom. The maximum absolute atomic E-state index is 12.2. The molecule has 1 fully saturated rings. The lowest BCUT2D eigenvalue weighted by Crippen LogP contribution is -2.46. The van der Waals surface area contributed by atoms with Crippen LogP contribution in [0.25, 0.3) is 0 Å². The van der Waals surface area contributed by atoms with Gasteiger partial charge in [0.1, 0.15) is 0 Å². The highest BCUT2D eigenvalue weighted by molar-refractivity contribution is 6.30. The van der Waals surface area contributed by atoms with E-state index < -0.39 is 0 Å². The molecule has 1 saturated heterocycles. The number of halogens is 1. The molecule has 1 heterocycles. The monoisotopic (exact) mass is 280 g/mol. The van der Waals surface area contributed by atoms with E-state index >= 15 is 0 Å². The predicted molar refractivity (Wildman–Crippen MR) is 79.5 cm³/mol. The summed E-state index contributed by atoms with van der Waals surface area (Å²) in [5.41, 5.74) is 0.759. The quantitative estimate of drug-likeness (QED) is 0.920. The molecule has 0 saturated carbocycles. The van der Waals surface area contributed by atoms with Gasteiger partial charge in [-0.15, -0.1) is 0 Å². The molecule has 0 unspecified atom stereocenters. The summed E-state index contributed by atoms with van der Waals surface area (Å²) in [7, 11) is 0. The molecular formula is C15H21ClN2O. The van der Waals surface area contributed by atoms with Crippen molar-refractivity contribution < 1.29 is 4.79 Å². The van der Waals surface area contributed by atoms with Gasteiger partial charge in [0.05, 0.1) is 6.04 Å². The molecule has 3 nitrogen and oxygen atoms in total. The van der Waals surface area contributed by atoms with Crippen molar-refractivity contribution in [2.45, 2.75) is 32.7 Å². The van der Waals surface area contributed by atoms with Crippen molar-refractivity contribution in [3.8, 4) is 0 Å². The van der Waals surface area contributed by atoms with Gasteiger partial charge in [0.2, 0.25) is 5.91 Å². The zero-order chi connectivity index (χ0) is 13.8. The van der Waals surface area contributed by atoms with E-state index in [1.165, 1.54) is 12.8 Å². The fourth-order valence-electron chi connectivity index (χ4n) is 2.56. The Balaban J connectivity index is 1.95. The van der Waals surface area contributed by atoms with E-state index in [-0.39, 0.29) is 11.9 Å². The number of hydrogen-bond donors (Lipinski definition) is 1. The molecule has 1 aromatic rings. The van der Waals surface area contributed by atoms with Crippen molar-refractivity contribution in [2.75, 3.05) is 18.4 Å². The fraction of sp³-hybridized carbons (Fsp3) is 0.533. The third-order valence-corrected chi connectivity index (χ3v) is 3.94. The molecule has 1 aromatic carbocycles. The summed E-state index contributed by atoms with van der Waals surface area (Å²) in [6, 6.07) is 7.17. The van der Waals surface area contributed by atoms with Crippen LogP contribution in [0.15, 0.2) is 24.3 Å².